The van der Waals surface area contributed by atoms with E-state index in [1.54, 1.807) is 6.07 Å². The van der Waals surface area contributed by atoms with E-state index < -0.39 is 0 Å². The highest BCUT2D eigenvalue weighted by Gasteiger charge is 2.07. The normalized spacial score (nSPS) is 11.5. The molecule has 2 nitrogen and oxygen atoms in total. The van der Waals surface area contributed by atoms with Gasteiger partial charge >= 0.3 is 0 Å². The van der Waals surface area contributed by atoms with Crippen LogP contribution in [0.5, 0.6) is 0 Å². The number of hydrogen-bond donors (Lipinski definition) is 0. The molecule has 1 aromatic rings. The van der Waals surface area contributed by atoms with E-state index in [0.717, 1.165) is 42.6 Å². The summed E-state index contributed by atoms with van der Waals surface area (Å²) in [6.45, 7) is 6.05. The van der Waals surface area contributed by atoms with E-state index in [9.17, 15) is 4.39 Å². The molecule has 1 rings (SSSR count). The van der Waals surface area contributed by atoms with Crippen molar-refractivity contribution in [2.45, 2.75) is 19.9 Å². The first-order valence-corrected chi connectivity index (χ1v) is 7.12. The van der Waals surface area contributed by atoms with Crippen LogP contribution < -0.4 is 0 Å². The fourth-order valence-electron chi connectivity index (χ4n) is 1.89. The molecule has 102 valence electrons. The Bertz CT molecular complexity index is 349. The van der Waals surface area contributed by atoms with E-state index in [1.165, 1.54) is 6.07 Å². The predicted octanol–water partition coefficient (Wildman–Crippen LogP) is 3.36. The van der Waals surface area contributed by atoms with Crippen molar-refractivity contribution in [3.8, 4) is 0 Å². The molecule has 0 heterocycles. The van der Waals surface area contributed by atoms with E-state index >= 15 is 0 Å². The van der Waals surface area contributed by atoms with Gasteiger partial charge in [0.1, 0.15) is 5.82 Å². The second-order valence-corrected chi connectivity index (χ2v) is 5.77. The molecule has 0 N–H and O–H groups in total. The molecule has 0 aliphatic carbocycles. The van der Waals surface area contributed by atoms with Gasteiger partial charge in [-0.1, -0.05) is 22.9 Å². The summed E-state index contributed by atoms with van der Waals surface area (Å²) in [5.74, 6) is -0.177. The lowest BCUT2D eigenvalue weighted by Crippen LogP contribution is -2.32. The van der Waals surface area contributed by atoms with Crippen LogP contribution in [0, 0.1) is 5.82 Å². The van der Waals surface area contributed by atoms with Gasteiger partial charge in [0.2, 0.25) is 0 Å². The lowest BCUT2D eigenvalue weighted by Gasteiger charge is -2.23. The van der Waals surface area contributed by atoms with Gasteiger partial charge in [0.15, 0.2) is 0 Å². The summed E-state index contributed by atoms with van der Waals surface area (Å²) in [4.78, 5) is 4.53. The average molecular weight is 317 g/mol. The molecule has 18 heavy (non-hydrogen) atoms. The van der Waals surface area contributed by atoms with Crippen molar-refractivity contribution in [1.29, 1.82) is 0 Å². The molecule has 0 atom stereocenters. The lowest BCUT2D eigenvalue weighted by molar-refractivity contribution is 0.234. The second-order valence-electron chi connectivity index (χ2n) is 4.86. The van der Waals surface area contributed by atoms with Crippen LogP contribution in [0.15, 0.2) is 22.7 Å². The van der Waals surface area contributed by atoms with Gasteiger partial charge in [-0.05, 0) is 50.8 Å². The molecule has 0 radical (unpaired) electrons. The SMILES string of the molecule is CCCN(CCN(C)C)Cc1cc(F)cc(Br)c1. The summed E-state index contributed by atoms with van der Waals surface area (Å²) in [7, 11) is 4.14. The van der Waals surface area contributed by atoms with Gasteiger partial charge in [-0.2, -0.15) is 0 Å². The van der Waals surface area contributed by atoms with E-state index in [0.29, 0.717) is 0 Å². The van der Waals surface area contributed by atoms with Gasteiger partial charge in [-0.3, -0.25) is 4.90 Å². The summed E-state index contributed by atoms with van der Waals surface area (Å²) in [6, 6.07) is 5.10. The van der Waals surface area contributed by atoms with E-state index in [2.05, 4.69) is 46.7 Å². The van der Waals surface area contributed by atoms with Crippen LogP contribution in [-0.4, -0.2) is 43.5 Å². The third kappa shape index (κ3) is 5.94. The standard InChI is InChI=1S/C14H22BrFN2/c1-4-5-18(7-6-17(2)3)11-12-8-13(15)10-14(16)9-12/h8-10H,4-7,11H2,1-3H3. The summed E-state index contributed by atoms with van der Waals surface area (Å²) < 4.78 is 14.1. The molecule has 0 fully saturated rings. The van der Waals surface area contributed by atoms with Gasteiger partial charge in [0.25, 0.3) is 0 Å². The molecule has 0 saturated carbocycles. The minimum atomic E-state index is -0.177. The van der Waals surface area contributed by atoms with E-state index in [1.807, 2.05) is 6.07 Å². The third-order valence-corrected chi connectivity index (χ3v) is 3.19. The first-order chi connectivity index (χ1) is 8.51. The maximum absolute atomic E-state index is 13.3. The van der Waals surface area contributed by atoms with Crippen LogP contribution in [0.1, 0.15) is 18.9 Å². The van der Waals surface area contributed by atoms with Crippen molar-refractivity contribution in [1.82, 2.24) is 9.80 Å². The number of halogens is 2. The molecular weight excluding hydrogens is 295 g/mol. The molecule has 0 bridgehead atoms. The largest absolute Gasteiger partial charge is 0.308 e. The second kappa shape index (κ2) is 7.87. The molecule has 0 aliphatic rings. The Morgan fingerprint density at radius 2 is 1.83 bits per heavy atom. The Hall–Kier alpha value is -0.450. The predicted molar refractivity (Wildman–Crippen MR) is 78.2 cm³/mol. The van der Waals surface area contributed by atoms with Crippen molar-refractivity contribution in [3.63, 3.8) is 0 Å². The molecule has 0 aliphatic heterocycles. The zero-order valence-electron chi connectivity index (χ0n) is 11.4. The van der Waals surface area contributed by atoms with Crippen LogP contribution in [-0.2, 0) is 6.54 Å². The quantitative estimate of drug-likeness (QED) is 0.761. The number of nitrogens with zero attached hydrogens (tertiary/aromatic N) is 2. The van der Waals surface area contributed by atoms with E-state index in [4.69, 9.17) is 0 Å². The van der Waals surface area contributed by atoms with Crippen molar-refractivity contribution < 1.29 is 4.39 Å². The van der Waals surface area contributed by atoms with Crippen LogP contribution in [0.2, 0.25) is 0 Å². The molecule has 0 spiro atoms. The zero-order valence-corrected chi connectivity index (χ0v) is 13.0. The molecule has 0 unspecified atom stereocenters. The maximum Gasteiger partial charge on any atom is 0.124 e. The lowest BCUT2D eigenvalue weighted by atomic mass is 10.2. The Morgan fingerprint density at radius 3 is 2.39 bits per heavy atom. The molecule has 4 heteroatoms. The highest BCUT2D eigenvalue weighted by atomic mass is 79.9. The molecule has 0 saturated heterocycles. The smallest absolute Gasteiger partial charge is 0.124 e. The van der Waals surface area contributed by atoms with Crippen LogP contribution in [0.25, 0.3) is 0 Å². The first kappa shape index (κ1) is 15.6. The minimum Gasteiger partial charge on any atom is -0.308 e. The van der Waals surface area contributed by atoms with E-state index in [-0.39, 0.29) is 5.82 Å². The maximum atomic E-state index is 13.3. The molecular formula is C14H22BrFN2. The number of likely N-dealkylation sites (N-methyl/N-ethyl adjacent to an activating group) is 1. The Kier molecular flexibility index (Phi) is 6.82. The average Bonchev–Trinajstić information content (AvgIpc) is 2.24. The summed E-state index contributed by atoms with van der Waals surface area (Å²) in [5, 5.41) is 0. The summed E-state index contributed by atoms with van der Waals surface area (Å²) in [5.41, 5.74) is 1.02. The highest BCUT2D eigenvalue weighted by molar-refractivity contribution is 9.10. The fourth-order valence-corrected chi connectivity index (χ4v) is 2.40. The first-order valence-electron chi connectivity index (χ1n) is 6.33. The molecule has 0 amide bonds. The van der Waals surface area contributed by atoms with Gasteiger partial charge in [0.05, 0.1) is 0 Å². The molecule has 0 aromatic heterocycles. The monoisotopic (exact) mass is 316 g/mol. The van der Waals surface area contributed by atoms with Gasteiger partial charge < -0.3 is 4.90 Å². The van der Waals surface area contributed by atoms with Crippen molar-refractivity contribution >= 4 is 15.9 Å². The summed E-state index contributed by atoms with van der Waals surface area (Å²) in [6.07, 6.45) is 1.11. The highest BCUT2D eigenvalue weighted by Crippen LogP contribution is 2.16. The number of rotatable bonds is 7. The van der Waals surface area contributed by atoms with Gasteiger partial charge in [0, 0.05) is 24.1 Å². The Morgan fingerprint density at radius 1 is 1.11 bits per heavy atom. The molecule has 1 aromatic carbocycles. The number of hydrogen-bond acceptors (Lipinski definition) is 2. The van der Waals surface area contributed by atoms with Crippen LogP contribution >= 0.6 is 15.9 Å². The van der Waals surface area contributed by atoms with Crippen molar-refractivity contribution in [3.05, 3.63) is 34.1 Å². The Balaban J connectivity index is 2.63. The summed E-state index contributed by atoms with van der Waals surface area (Å²) >= 11 is 3.34. The van der Waals surface area contributed by atoms with Crippen molar-refractivity contribution in [2.75, 3.05) is 33.7 Å². The van der Waals surface area contributed by atoms with Crippen LogP contribution in [0.4, 0.5) is 4.39 Å². The van der Waals surface area contributed by atoms with Crippen molar-refractivity contribution in [2.24, 2.45) is 0 Å². The third-order valence-electron chi connectivity index (χ3n) is 2.73. The van der Waals surface area contributed by atoms with Crippen LogP contribution in [0.3, 0.4) is 0 Å². The zero-order chi connectivity index (χ0) is 13.5. The minimum absolute atomic E-state index is 0.177. The van der Waals surface area contributed by atoms with Gasteiger partial charge in [-0.25, -0.2) is 4.39 Å². The van der Waals surface area contributed by atoms with Gasteiger partial charge in [-0.15, -0.1) is 0 Å². The number of benzene rings is 1. The topological polar surface area (TPSA) is 6.48 Å². The fraction of sp³-hybridized carbons (Fsp3) is 0.571. The Labute approximate surface area is 118 Å².